The molecule has 5 heteroatoms. The first-order valence-corrected chi connectivity index (χ1v) is 18.9. The van der Waals surface area contributed by atoms with Gasteiger partial charge in [0.1, 0.15) is 24.0 Å². The average Bonchev–Trinajstić information content (AvgIpc) is 3.67. The highest BCUT2D eigenvalue weighted by Crippen LogP contribution is 2.47. The molecule has 1 aliphatic heterocycles. The van der Waals surface area contributed by atoms with E-state index in [2.05, 4.69) is 185 Å². The Bertz CT molecular complexity index is 2460. The number of aromatic nitrogens is 2. The Morgan fingerprint density at radius 1 is 0.604 bits per heavy atom. The minimum absolute atomic E-state index is 0.00923. The van der Waals surface area contributed by atoms with Crippen molar-refractivity contribution in [1.82, 2.24) is 9.55 Å². The third kappa shape index (κ3) is 6.65. The Balaban J connectivity index is 1.16. The van der Waals surface area contributed by atoms with Crippen LogP contribution in [0.3, 0.4) is 0 Å². The van der Waals surface area contributed by atoms with Gasteiger partial charge in [-0.15, -0.1) is 0 Å². The van der Waals surface area contributed by atoms with Crippen molar-refractivity contribution in [2.24, 2.45) is 5.92 Å². The van der Waals surface area contributed by atoms with E-state index in [4.69, 9.17) is 9.72 Å². The molecule has 1 aliphatic rings. The van der Waals surface area contributed by atoms with Gasteiger partial charge in [-0.1, -0.05) is 97.9 Å². The molecule has 0 aliphatic carbocycles. The van der Waals surface area contributed by atoms with E-state index in [-0.39, 0.29) is 10.8 Å². The van der Waals surface area contributed by atoms with Gasteiger partial charge in [-0.3, -0.25) is 4.57 Å². The standard InChI is InChI=1S/C48H50N4O/c1-32(2)25-33-13-11-14-36(26-33)51-31-50(43-22-19-34(27-45(43)51)47(3,4)5)37-15-12-16-38(29-37)53-39-20-21-41-40-17-9-10-18-42(40)52(44(41)30-39)46-28-35(23-24-49-46)48(6,7)8/h9-24,26-30,32H,25,31H2,1-8H3. The van der Waals surface area contributed by atoms with Gasteiger partial charge in [0.2, 0.25) is 0 Å². The van der Waals surface area contributed by atoms with Crippen LogP contribution in [0.25, 0.3) is 27.6 Å². The van der Waals surface area contributed by atoms with Crippen molar-refractivity contribution >= 4 is 44.6 Å². The second-order valence-corrected chi connectivity index (χ2v) is 17.0. The molecule has 0 bridgehead atoms. The van der Waals surface area contributed by atoms with Crippen molar-refractivity contribution in [1.29, 1.82) is 0 Å². The van der Waals surface area contributed by atoms with Gasteiger partial charge in [0.15, 0.2) is 0 Å². The summed E-state index contributed by atoms with van der Waals surface area (Å²) in [6, 6.07) is 43.8. The molecular formula is C48H50N4O. The zero-order valence-electron chi connectivity index (χ0n) is 32.3. The lowest BCUT2D eigenvalue weighted by molar-refractivity contribution is 0.483. The van der Waals surface area contributed by atoms with Crippen LogP contribution in [0, 0.1) is 5.92 Å². The van der Waals surface area contributed by atoms with E-state index in [9.17, 15) is 0 Å². The summed E-state index contributed by atoms with van der Waals surface area (Å²) in [5.41, 5.74) is 10.9. The number of pyridine rings is 1. The summed E-state index contributed by atoms with van der Waals surface area (Å²) in [6.45, 7) is 18.9. The third-order valence-electron chi connectivity index (χ3n) is 10.4. The van der Waals surface area contributed by atoms with E-state index >= 15 is 0 Å². The first-order valence-electron chi connectivity index (χ1n) is 18.9. The molecule has 0 spiro atoms. The van der Waals surface area contributed by atoms with Crippen LogP contribution in [0.5, 0.6) is 11.5 Å². The molecule has 5 aromatic carbocycles. The number of para-hydroxylation sites is 1. The normalized spacial score (nSPS) is 13.4. The zero-order valence-corrected chi connectivity index (χ0v) is 32.3. The Hall–Kier alpha value is -5.55. The van der Waals surface area contributed by atoms with E-state index in [0.717, 1.165) is 40.5 Å². The Morgan fingerprint density at radius 2 is 1.28 bits per heavy atom. The monoisotopic (exact) mass is 698 g/mol. The number of nitrogens with zero attached hydrogens (tertiary/aromatic N) is 4. The molecule has 0 radical (unpaired) electrons. The second-order valence-electron chi connectivity index (χ2n) is 17.0. The van der Waals surface area contributed by atoms with Gasteiger partial charge >= 0.3 is 0 Å². The summed E-state index contributed by atoms with van der Waals surface area (Å²) in [5, 5.41) is 2.37. The van der Waals surface area contributed by atoms with Crippen molar-refractivity contribution in [3.8, 4) is 17.3 Å². The number of benzene rings is 5. The minimum Gasteiger partial charge on any atom is -0.457 e. The number of anilines is 4. The zero-order chi connectivity index (χ0) is 37.1. The number of ether oxygens (including phenoxy) is 1. The van der Waals surface area contributed by atoms with Gasteiger partial charge in [0.25, 0.3) is 0 Å². The molecule has 0 unspecified atom stereocenters. The van der Waals surface area contributed by atoms with Crippen molar-refractivity contribution < 1.29 is 4.74 Å². The number of hydrogen-bond donors (Lipinski definition) is 0. The fraction of sp³-hybridized carbons (Fsp3) is 0.271. The van der Waals surface area contributed by atoms with Gasteiger partial charge in [-0.25, -0.2) is 4.98 Å². The van der Waals surface area contributed by atoms with E-state index in [1.54, 1.807) is 0 Å². The van der Waals surface area contributed by atoms with Crippen LogP contribution in [0.15, 0.2) is 128 Å². The Morgan fingerprint density at radius 3 is 2.06 bits per heavy atom. The Labute approximate surface area is 314 Å². The van der Waals surface area contributed by atoms with Crippen LogP contribution in [0.1, 0.15) is 72.1 Å². The minimum atomic E-state index is 0.00923. The molecular weight excluding hydrogens is 649 g/mol. The van der Waals surface area contributed by atoms with E-state index < -0.39 is 0 Å². The Kier molecular flexibility index (Phi) is 8.56. The fourth-order valence-corrected chi connectivity index (χ4v) is 7.61. The van der Waals surface area contributed by atoms with Crippen LogP contribution in [-0.4, -0.2) is 16.2 Å². The van der Waals surface area contributed by atoms with Gasteiger partial charge in [-0.05, 0) is 107 Å². The molecule has 7 aromatic rings. The van der Waals surface area contributed by atoms with Crippen LogP contribution in [0.2, 0.25) is 0 Å². The van der Waals surface area contributed by atoms with E-state index in [1.807, 2.05) is 12.3 Å². The van der Waals surface area contributed by atoms with E-state index in [0.29, 0.717) is 12.6 Å². The molecule has 3 heterocycles. The van der Waals surface area contributed by atoms with Crippen molar-refractivity contribution in [3.63, 3.8) is 0 Å². The van der Waals surface area contributed by atoms with Crippen LogP contribution < -0.4 is 14.5 Å². The first-order chi connectivity index (χ1) is 25.3. The summed E-state index contributed by atoms with van der Waals surface area (Å²) in [6.07, 6.45) is 2.98. The molecule has 0 fully saturated rings. The molecule has 5 nitrogen and oxygen atoms in total. The topological polar surface area (TPSA) is 33.5 Å². The third-order valence-corrected chi connectivity index (χ3v) is 10.4. The summed E-state index contributed by atoms with van der Waals surface area (Å²) in [7, 11) is 0. The summed E-state index contributed by atoms with van der Waals surface area (Å²) in [5.74, 6) is 3.08. The average molecular weight is 699 g/mol. The van der Waals surface area contributed by atoms with Gasteiger partial charge in [0, 0.05) is 40.5 Å². The van der Waals surface area contributed by atoms with Gasteiger partial charge in [0.05, 0.1) is 22.4 Å². The van der Waals surface area contributed by atoms with Gasteiger partial charge in [-0.2, -0.15) is 0 Å². The highest BCUT2D eigenvalue weighted by molar-refractivity contribution is 6.09. The number of fused-ring (bicyclic) bond motifs is 4. The summed E-state index contributed by atoms with van der Waals surface area (Å²) < 4.78 is 8.96. The highest BCUT2D eigenvalue weighted by Gasteiger charge is 2.30. The molecule has 0 N–H and O–H groups in total. The summed E-state index contributed by atoms with van der Waals surface area (Å²) in [4.78, 5) is 9.72. The summed E-state index contributed by atoms with van der Waals surface area (Å²) >= 11 is 0. The van der Waals surface area contributed by atoms with Crippen molar-refractivity contribution in [2.75, 3.05) is 16.5 Å². The first kappa shape index (κ1) is 34.5. The molecule has 0 amide bonds. The van der Waals surface area contributed by atoms with Crippen molar-refractivity contribution in [2.45, 2.75) is 72.6 Å². The van der Waals surface area contributed by atoms with Gasteiger partial charge < -0.3 is 14.5 Å². The van der Waals surface area contributed by atoms with E-state index in [1.165, 1.54) is 44.5 Å². The lowest BCUT2D eigenvalue weighted by atomic mass is 9.86. The number of hydrogen-bond acceptors (Lipinski definition) is 4. The molecule has 0 saturated heterocycles. The molecule has 0 atom stereocenters. The maximum atomic E-state index is 6.69. The largest absolute Gasteiger partial charge is 0.457 e. The molecule has 0 saturated carbocycles. The predicted molar refractivity (Wildman–Crippen MR) is 223 cm³/mol. The molecule has 2 aromatic heterocycles. The SMILES string of the molecule is CC(C)Cc1cccc(N2CN(c3cccc(Oc4ccc5c6ccccc6n(-c6cc(C(C)(C)C)ccn6)c5c4)c3)c3ccc(C(C)(C)C)cc32)c1. The van der Waals surface area contributed by atoms with Crippen LogP contribution in [0.4, 0.5) is 22.7 Å². The lowest BCUT2D eigenvalue weighted by Crippen LogP contribution is -2.24. The molecule has 268 valence electrons. The van der Waals surface area contributed by atoms with Crippen molar-refractivity contribution in [3.05, 3.63) is 144 Å². The number of rotatable bonds is 7. The quantitative estimate of drug-likeness (QED) is 0.166. The predicted octanol–water partition coefficient (Wildman–Crippen LogP) is 13.0. The lowest BCUT2D eigenvalue weighted by Gasteiger charge is -2.24. The maximum absolute atomic E-state index is 6.69. The smallest absolute Gasteiger partial charge is 0.137 e. The highest BCUT2D eigenvalue weighted by atomic mass is 16.5. The molecule has 8 rings (SSSR count). The fourth-order valence-electron chi connectivity index (χ4n) is 7.61. The second kappa shape index (κ2) is 13.1. The van der Waals surface area contributed by atoms with Crippen LogP contribution in [-0.2, 0) is 17.3 Å². The molecule has 53 heavy (non-hydrogen) atoms. The van der Waals surface area contributed by atoms with Crippen LogP contribution >= 0.6 is 0 Å². The maximum Gasteiger partial charge on any atom is 0.137 e.